The zero-order chi connectivity index (χ0) is 15.7. The molecular formula is C16H23NO3S. The first-order valence-corrected chi connectivity index (χ1v) is 8.94. The molecule has 1 aromatic carbocycles. The molecule has 5 heteroatoms. The normalized spacial score (nSPS) is 15.6. The van der Waals surface area contributed by atoms with Gasteiger partial charge in [0.05, 0.1) is 10.5 Å². The molecule has 21 heavy (non-hydrogen) atoms. The molecule has 0 saturated carbocycles. The number of carbonyl (C=O) groups excluding carboxylic acids is 1. The topological polar surface area (TPSA) is 63.2 Å². The smallest absolute Gasteiger partial charge is 0.163 e. The molecule has 1 aromatic rings. The van der Waals surface area contributed by atoms with Crippen molar-refractivity contribution in [1.82, 2.24) is 5.32 Å². The second-order valence-electron chi connectivity index (χ2n) is 6.51. The number of Topliss-reactive ketones (excluding diaryl/α,β-unsaturated/α-hetero) is 1. The molecule has 0 bridgehead atoms. The number of rotatable bonds is 4. The van der Waals surface area contributed by atoms with E-state index in [9.17, 15) is 13.2 Å². The molecule has 4 nitrogen and oxygen atoms in total. The second-order valence-corrected chi connectivity index (χ2v) is 9.38. The molecule has 0 saturated heterocycles. The van der Waals surface area contributed by atoms with Gasteiger partial charge in [-0.2, -0.15) is 0 Å². The molecule has 1 aliphatic rings. The number of ketones is 1. The van der Waals surface area contributed by atoms with E-state index in [-0.39, 0.29) is 18.0 Å². The predicted molar refractivity (Wildman–Crippen MR) is 84.3 cm³/mol. The fourth-order valence-corrected chi connectivity index (χ4v) is 3.40. The summed E-state index contributed by atoms with van der Waals surface area (Å²) in [6, 6.07) is 5.70. The summed E-state index contributed by atoms with van der Waals surface area (Å²) in [6.07, 6.45) is 1.02. The highest BCUT2D eigenvalue weighted by Crippen LogP contribution is 2.20. The van der Waals surface area contributed by atoms with E-state index in [2.05, 4.69) is 5.32 Å². The summed E-state index contributed by atoms with van der Waals surface area (Å²) in [4.78, 5) is 12.2. The van der Waals surface area contributed by atoms with E-state index in [0.29, 0.717) is 5.56 Å². The van der Waals surface area contributed by atoms with Crippen molar-refractivity contribution in [3.8, 4) is 0 Å². The van der Waals surface area contributed by atoms with Crippen LogP contribution in [0.25, 0.3) is 0 Å². The summed E-state index contributed by atoms with van der Waals surface area (Å²) in [5.74, 6) is -0.193. The van der Waals surface area contributed by atoms with Gasteiger partial charge in [-0.1, -0.05) is 12.1 Å². The van der Waals surface area contributed by atoms with E-state index in [4.69, 9.17) is 0 Å². The van der Waals surface area contributed by atoms with E-state index >= 15 is 0 Å². The Bertz CT molecular complexity index is 642. The summed E-state index contributed by atoms with van der Waals surface area (Å²) in [5.41, 5.74) is 3.03. The van der Waals surface area contributed by atoms with Gasteiger partial charge in [-0.3, -0.25) is 4.79 Å². The van der Waals surface area contributed by atoms with Gasteiger partial charge in [-0.25, -0.2) is 8.42 Å². The zero-order valence-corrected chi connectivity index (χ0v) is 13.7. The van der Waals surface area contributed by atoms with Crippen LogP contribution in [0.3, 0.4) is 0 Å². The Hall–Kier alpha value is -1.20. The van der Waals surface area contributed by atoms with Crippen LogP contribution < -0.4 is 5.32 Å². The Balaban J connectivity index is 2.08. The van der Waals surface area contributed by atoms with Gasteiger partial charge >= 0.3 is 0 Å². The first kappa shape index (κ1) is 16.2. The first-order chi connectivity index (χ1) is 9.71. The lowest BCUT2D eigenvalue weighted by molar-refractivity contribution is 0.0988. The molecule has 0 spiro atoms. The minimum atomic E-state index is -3.25. The van der Waals surface area contributed by atoms with Crippen LogP contribution >= 0.6 is 0 Å². The highest BCUT2D eigenvalue weighted by atomic mass is 32.2. The Morgan fingerprint density at radius 3 is 2.62 bits per heavy atom. The van der Waals surface area contributed by atoms with Gasteiger partial charge in [0.25, 0.3) is 0 Å². The van der Waals surface area contributed by atoms with Gasteiger partial charge in [0.15, 0.2) is 15.6 Å². The fraction of sp³-hybridized carbons (Fsp3) is 0.562. The van der Waals surface area contributed by atoms with Crippen LogP contribution in [-0.4, -0.2) is 31.2 Å². The number of nitrogens with one attached hydrogen (secondary N) is 1. The minimum absolute atomic E-state index is 0.0474. The maximum Gasteiger partial charge on any atom is 0.163 e. The highest BCUT2D eigenvalue weighted by Gasteiger charge is 2.29. The SMILES string of the molecule is CC(C)(C)S(=O)(=O)CCC(=O)c1ccc2c(c1)CNCC2. The van der Waals surface area contributed by atoms with Gasteiger partial charge < -0.3 is 5.32 Å². The molecule has 0 aromatic heterocycles. The van der Waals surface area contributed by atoms with Gasteiger partial charge in [0.2, 0.25) is 0 Å². The number of hydrogen-bond acceptors (Lipinski definition) is 4. The number of sulfone groups is 1. The van der Waals surface area contributed by atoms with E-state index in [1.807, 2.05) is 18.2 Å². The van der Waals surface area contributed by atoms with Crippen molar-refractivity contribution in [1.29, 1.82) is 0 Å². The summed E-state index contributed by atoms with van der Waals surface area (Å²) < 4.78 is 23.3. The van der Waals surface area contributed by atoms with Crippen LogP contribution in [0.5, 0.6) is 0 Å². The van der Waals surface area contributed by atoms with Gasteiger partial charge in [0.1, 0.15) is 0 Å². The van der Waals surface area contributed by atoms with Gasteiger partial charge in [0, 0.05) is 18.5 Å². The highest BCUT2D eigenvalue weighted by molar-refractivity contribution is 7.92. The van der Waals surface area contributed by atoms with Crippen molar-refractivity contribution in [3.05, 3.63) is 34.9 Å². The van der Waals surface area contributed by atoms with Crippen molar-refractivity contribution in [2.24, 2.45) is 0 Å². The fourth-order valence-electron chi connectivity index (χ4n) is 2.33. The summed E-state index contributed by atoms with van der Waals surface area (Å²) >= 11 is 0. The molecule has 0 amide bonds. The predicted octanol–water partition coefficient (Wildman–Crippen LogP) is 2.12. The van der Waals surface area contributed by atoms with E-state index in [0.717, 1.165) is 25.1 Å². The van der Waals surface area contributed by atoms with Crippen LogP contribution in [0.15, 0.2) is 18.2 Å². The lowest BCUT2D eigenvalue weighted by Crippen LogP contribution is -2.31. The molecule has 0 atom stereocenters. The lowest BCUT2D eigenvalue weighted by Gasteiger charge is -2.19. The van der Waals surface area contributed by atoms with Crippen LogP contribution in [0.2, 0.25) is 0 Å². The average molecular weight is 309 g/mol. The number of hydrogen-bond donors (Lipinski definition) is 1. The van der Waals surface area contributed by atoms with E-state index in [1.54, 1.807) is 20.8 Å². The van der Waals surface area contributed by atoms with Crippen LogP contribution in [0.4, 0.5) is 0 Å². The van der Waals surface area contributed by atoms with Crippen LogP contribution in [-0.2, 0) is 22.8 Å². The van der Waals surface area contributed by atoms with Gasteiger partial charge in [-0.05, 0) is 50.9 Å². The summed E-state index contributed by atoms with van der Waals surface area (Å²) in [7, 11) is -3.25. The van der Waals surface area contributed by atoms with Crippen LogP contribution in [0, 0.1) is 0 Å². The second kappa shape index (κ2) is 5.89. The number of benzene rings is 1. The Kier molecular flexibility index (Phi) is 4.54. The molecule has 0 aliphatic carbocycles. The quantitative estimate of drug-likeness (QED) is 0.865. The van der Waals surface area contributed by atoms with Crippen molar-refractivity contribution in [2.75, 3.05) is 12.3 Å². The molecule has 116 valence electrons. The van der Waals surface area contributed by atoms with E-state index < -0.39 is 14.6 Å². The summed E-state index contributed by atoms with van der Waals surface area (Å²) in [6.45, 7) is 6.73. The first-order valence-electron chi connectivity index (χ1n) is 7.29. The molecule has 0 unspecified atom stereocenters. The third-order valence-electron chi connectivity index (χ3n) is 3.95. The zero-order valence-electron chi connectivity index (χ0n) is 12.9. The van der Waals surface area contributed by atoms with Gasteiger partial charge in [-0.15, -0.1) is 0 Å². The van der Waals surface area contributed by atoms with Crippen molar-refractivity contribution in [2.45, 2.75) is 44.9 Å². The molecule has 2 rings (SSSR count). The lowest BCUT2D eigenvalue weighted by atomic mass is 9.96. The largest absolute Gasteiger partial charge is 0.312 e. The molecular weight excluding hydrogens is 286 g/mol. The third-order valence-corrected chi connectivity index (χ3v) is 6.55. The van der Waals surface area contributed by atoms with Crippen molar-refractivity contribution in [3.63, 3.8) is 0 Å². The molecule has 0 fully saturated rings. The van der Waals surface area contributed by atoms with E-state index in [1.165, 1.54) is 5.56 Å². The maximum absolute atomic E-state index is 12.2. The Labute approximate surface area is 126 Å². The van der Waals surface area contributed by atoms with Crippen molar-refractivity contribution >= 4 is 15.6 Å². The van der Waals surface area contributed by atoms with Crippen LogP contribution in [0.1, 0.15) is 48.7 Å². The molecule has 0 radical (unpaired) electrons. The minimum Gasteiger partial charge on any atom is -0.312 e. The Morgan fingerprint density at radius 1 is 1.24 bits per heavy atom. The maximum atomic E-state index is 12.2. The molecule has 1 N–H and O–H groups in total. The number of carbonyl (C=O) groups is 1. The standard InChI is InChI=1S/C16H23NO3S/c1-16(2,3)21(19,20)9-7-15(18)13-5-4-12-6-8-17-11-14(12)10-13/h4-5,10,17H,6-9,11H2,1-3H3. The van der Waals surface area contributed by atoms with Crippen molar-refractivity contribution < 1.29 is 13.2 Å². The summed E-state index contributed by atoms with van der Waals surface area (Å²) in [5, 5.41) is 3.28. The number of fused-ring (bicyclic) bond motifs is 1. The Morgan fingerprint density at radius 2 is 1.95 bits per heavy atom. The molecule has 1 aliphatic heterocycles. The third kappa shape index (κ3) is 3.71. The molecule has 1 heterocycles. The average Bonchev–Trinajstić information content (AvgIpc) is 2.43. The monoisotopic (exact) mass is 309 g/mol.